The molecular formula is C19H24N2O3. The van der Waals surface area contributed by atoms with Gasteiger partial charge in [-0.25, -0.2) is 4.79 Å². The molecule has 128 valence electrons. The number of rotatable bonds is 2. The molecule has 0 N–H and O–H groups in total. The third kappa shape index (κ3) is 2.72. The predicted molar refractivity (Wildman–Crippen MR) is 93.3 cm³/mol. The molecule has 2 heterocycles. The maximum Gasteiger partial charge on any atom is 0.339 e. The van der Waals surface area contributed by atoms with Crippen LogP contribution in [0.2, 0.25) is 0 Å². The maximum absolute atomic E-state index is 13.0. The average Bonchev–Trinajstić information content (AvgIpc) is 2.57. The number of hydrogen-bond acceptors (Lipinski definition) is 4. The van der Waals surface area contributed by atoms with Gasteiger partial charge >= 0.3 is 5.97 Å². The molecule has 0 amide bonds. The minimum Gasteiger partial charge on any atom is -0.465 e. The number of esters is 1. The highest BCUT2D eigenvalue weighted by atomic mass is 16.5. The maximum atomic E-state index is 13.0. The minimum atomic E-state index is -0.462. The monoisotopic (exact) mass is 328 g/mol. The van der Waals surface area contributed by atoms with Crippen LogP contribution in [0.4, 0.5) is 0 Å². The van der Waals surface area contributed by atoms with Crippen LogP contribution < -0.4 is 5.56 Å². The third-order valence-corrected chi connectivity index (χ3v) is 5.53. The summed E-state index contributed by atoms with van der Waals surface area (Å²) in [7, 11) is 1.33. The van der Waals surface area contributed by atoms with E-state index in [-0.39, 0.29) is 11.6 Å². The summed E-state index contributed by atoms with van der Waals surface area (Å²) in [5, 5.41) is 0.480. The van der Waals surface area contributed by atoms with E-state index in [1.807, 2.05) is 16.8 Å². The topological polar surface area (TPSA) is 61.2 Å². The fraction of sp³-hybridized carbons (Fsp3) is 0.526. The molecule has 0 aromatic carbocycles. The van der Waals surface area contributed by atoms with Gasteiger partial charge in [0.25, 0.3) is 5.56 Å². The number of pyridine rings is 2. The minimum absolute atomic E-state index is 0.0731. The van der Waals surface area contributed by atoms with E-state index in [0.29, 0.717) is 34.0 Å². The van der Waals surface area contributed by atoms with Crippen molar-refractivity contribution in [3.8, 4) is 0 Å². The Morgan fingerprint density at radius 3 is 2.79 bits per heavy atom. The summed E-state index contributed by atoms with van der Waals surface area (Å²) in [6.07, 6.45) is 5.22. The van der Waals surface area contributed by atoms with Gasteiger partial charge in [-0.2, -0.15) is 0 Å². The fourth-order valence-corrected chi connectivity index (χ4v) is 3.80. The van der Waals surface area contributed by atoms with Gasteiger partial charge in [-0.1, -0.05) is 26.7 Å². The Kier molecular flexibility index (Phi) is 4.43. The Morgan fingerprint density at radius 2 is 2.08 bits per heavy atom. The van der Waals surface area contributed by atoms with Gasteiger partial charge in [-0.05, 0) is 37.3 Å². The number of methoxy groups -OCH3 is 1. The summed E-state index contributed by atoms with van der Waals surface area (Å²) in [6, 6.07) is 3.70. The van der Waals surface area contributed by atoms with Crippen molar-refractivity contribution in [1.29, 1.82) is 0 Å². The molecule has 0 unspecified atom stereocenters. The third-order valence-electron chi connectivity index (χ3n) is 5.53. The molecule has 0 saturated heterocycles. The summed E-state index contributed by atoms with van der Waals surface area (Å²) in [5.41, 5.74) is 1.48. The van der Waals surface area contributed by atoms with Crippen LogP contribution in [0.25, 0.3) is 10.9 Å². The number of hydrogen-bond donors (Lipinski definition) is 0. The van der Waals surface area contributed by atoms with Gasteiger partial charge in [0.2, 0.25) is 0 Å². The van der Waals surface area contributed by atoms with E-state index in [1.165, 1.54) is 13.5 Å². The van der Waals surface area contributed by atoms with Gasteiger partial charge in [0.1, 0.15) is 0 Å². The van der Waals surface area contributed by atoms with Gasteiger partial charge in [0.15, 0.2) is 0 Å². The van der Waals surface area contributed by atoms with Crippen molar-refractivity contribution in [2.75, 3.05) is 7.11 Å². The molecule has 0 spiro atoms. The lowest BCUT2D eigenvalue weighted by atomic mass is 9.78. The highest BCUT2D eigenvalue weighted by Gasteiger charge is 2.29. The van der Waals surface area contributed by atoms with Crippen LogP contribution in [0.15, 0.2) is 23.1 Å². The van der Waals surface area contributed by atoms with Crippen LogP contribution in [-0.4, -0.2) is 22.6 Å². The van der Waals surface area contributed by atoms with Crippen LogP contribution >= 0.6 is 0 Å². The molecule has 24 heavy (non-hydrogen) atoms. The quantitative estimate of drug-likeness (QED) is 0.792. The first-order chi connectivity index (χ1) is 11.4. The van der Waals surface area contributed by atoms with E-state index in [0.717, 1.165) is 12.8 Å². The molecule has 1 fully saturated rings. The Hall–Kier alpha value is -2.17. The highest BCUT2D eigenvalue weighted by molar-refractivity contribution is 5.94. The van der Waals surface area contributed by atoms with Gasteiger partial charge in [-0.3, -0.25) is 9.78 Å². The lowest BCUT2D eigenvalue weighted by molar-refractivity contribution is 0.0599. The molecular weight excluding hydrogens is 304 g/mol. The second-order valence-electron chi connectivity index (χ2n) is 6.91. The number of carbonyl (C=O) groups is 1. The Balaban J connectivity index is 2.15. The van der Waals surface area contributed by atoms with Crippen LogP contribution in [0.1, 0.15) is 55.2 Å². The van der Waals surface area contributed by atoms with Gasteiger partial charge in [0.05, 0.1) is 29.3 Å². The van der Waals surface area contributed by atoms with E-state index >= 15 is 0 Å². The predicted octanol–water partition coefficient (Wildman–Crippen LogP) is 3.49. The molecule has 1 aliphatic rings. The molecule has 2 aromatic heterocycles. The summed E-state index contributed by atoms with van der Waals surface area (Å²) in [4.78, 5) is 29.3. The van der Waals surface area contributed by atoms with Crippen molar-refractivity contribution in [3.63, 3.8) is 0 Å². The molecule has 5 heteroatoms. The lowest BCUT2D eigenvalue weighted by Gasteiger charge is -2.35. The summed E-state index contributed by atoms with van der Waals surface area (Å²) in [5.74, 6) is 0.594. The molecule has 3 rings (SSSR count). The van der Waals surface area contributed by atoms with Crippen LogP contribution in [-0.2, 0) is 4.74 Å². The van der Waals surface area contributed by atoms with Crippen LogP contribution in [0, 0.1) is 18.8 Å². The van der Waals surface area contributed by atoms with Gasteiger partial charge in [-0.15, -0.1) is 0 Å². The number of fused-ring (bicyclic) bond motifs is 1. The van der Waals surface area contributed by atoms with E-state index in [4.69, 9.17) is 4.74 Å². The molecule has 2 aromatic rings. The van der Waals surface area contributed by atoms with Crippen molar-refractivity contribution >= 4 is 16.9 Å². The number of carbonyl (C=O) groups excluding carboxylic acids is 1. The normalized spacial score (nSPS) is 24.1. The van der Waals surface area contributed by atoms with Crippen molar-refractivity contribution in [2.24, 2.45) is 11.8 Å². The number of aromatic nitrogens is 2. The SMILES string of the molecule is COC(=O)c1cc2c(=O)n([C@H]3CCC[C@H](C)[C@@H]3C)ccc2nc1C. The van der Waals surface area contributed by atoms with Crippen LogP contribution in [0.3, 0.4) is 0 Å². The van der Waals surface area contributed by atoms with E-state index in [1.54, 1.807) is 13.0 Å². The lowest BCUT2D eigenvalue weighted by Crippen LogP contribution is -2.33. The average molecular weight is 328 g/mol. The Morgan fingerprint density at radius 1 is 1.33 bits per heavy atom. The van der Waals surface area contributed by atoms with E-state index < -0.39 is 5.97 Å². The summed E-state index contributed by atoms with van der Waals surface area (Å²) < 4.78 is 6.63. The zero-order valence-corrected chi connectivity index (χ0v) is 14.7. The first kappa shape index (κ1) is 16.7. The van der Waals surface area contributed by atoms with E-state index in [9.17, 15) is 9.59 Å². The largest absolute Gasteiger partial charge is 0.465 e. The summed E-state index contributed by atoms with van der Waals surface area (Å²) in [6.45, 7) is 6.23. The van der Waals surface area contributed by atoms with Crippen molar-refractivity contribution < 1.29 is 9.53 Å². The first-order valence-corrected chi connectivity index (χ1v) is 8.55. The molecule has 3 atom stereocenters. The van der Waals surface area contributed by atoms with Crippen molar-refractivity contribution in [1.82, 2.24) is 9.55 Å². The fourth-order valence-electron chi connectivity index (χ4n) is 3.80. The second kappa shape index (κ2) is 6.38. The molecule has 1 saturated carbocycles. The van der Waals surface area contributed by atoms with Crippen LogP contribution in [0.5, 0.6) is 0 Å². The number of nitrogens with zero attached hydrogens (tertiary/aromatic N) is 2. The zero-order chi connectivity index (χ0) is 17.4. The molecule has 5 nitrogen and oxygen atoms in total. The smallest absolute Gasteiger partial charge is 0.339 e. The first-order valence-electron chi connectivity index (χ1n) is 8.55. The van der Waals surface area contributed by atoms with E-state index in [2.05, 4.69) is 18.8 Å². The second-order valence-corrected chi connectivity index (χ2v) is 6.91. The zero-order valence-electron chi connectivity index (χ0n) is 14.7. The highest BCUT2D eigenvalue weighted by Crippen LogP contribution is 2.37. The standard InChI is InChI=1S/C19H24N2O3/c1-11-6-5-7-17(12(11)2)21-9-8-16-15(18(21)22)10-14(13(3)20-16)19(23)24-4/h8-12,17H,5-7H2,1-4H3/t11-,12-,17-/m0/s1. The van der Waals surface area contributed by atoms with Crippen molar-refractivity contribution in [2.45, 2.75) is 46.1 Å². The molecule has 0 aliphatic heterocycles. The number of aryl methyl sites for hydroxylation is 1. The Labute approximate surface area is 141 Å². The molecule has 0 bridgehead atoms. The molecule has 1 aliphatic carbocycles. The Bertz CT molecular complexity index is 840. The van der Waals surface area contributed by atoms with Crippen molar-refractivity contribution in [3.05, 3.63) is 39.9 Å². The van der Waals surface area contributed by atoms with Gasteiger partial charge < -0.3 is 9.30 Å². The van der Waals surface area contributed by atoms with Gasteiger partial charge in [0, 0.05) is 12.2 Å². The summed E-state index contributed by atoms with van der Waals surface area (Å²) >= 11 is 0. The number of ether oxygens (including phenoxy) is 1. The molecule has 0 radical (unpaired) electrons.